The van der Waals surface area contributed by atoms with Gasteiger partial charge in [-0.3, -0.25) is 39.6 Å². The first-order chi connectivity index (χ1) is 39.1. The van der Waals surface area contributed by atoms with Crippen molar-refractivity contribution in [3.8, 4) is 34.5 Å². The minimum absolute atomic E-state index is 0. The quantitative estimate of drug-likeness (QED) is 0.0736. The molecule has 84 heavy (non-hydrogen) atoms. The Morgan fingerprint density at radius 2 is 0.571 bits per heavy atom. The van der Waals surface area contributed by atoms with Crippen LogP contribution in [0.4, 0.5) is 0 Å². The van der Waals surface area contributed by atoms with Gasteiger partial charge in [0.05, 0.1) is 38.5 Å². The molecule has 0 spiro atoms. The normalized spacial score (nSPS) is 15.5. The van der Waals surface area contributed by atoms with Gasteiger partial charge in [-0.25, -0.2) is 0 Å². The van der Waals surface area contributed by atoms with Gasteiger partial charge in [0.25, 0.3) is 0 Å². The van der Waals surface area contributed by atoms with Crippen molar-refractivity contribution in [1.82, 2.24) is 19.6 Å². The zero-order valence-corrected chi connectivity index (χ0v) is 54.7. The van der Waals surface area contributed by atoms with E-state index in [-0.39, 0.29) is 135 Å². The number of halogens is 6. The maximum Gasteiger partial charge on any atom is 3.00 e. The van der Waals surface area contributed by atoms with Crippen LogP contribution in [0.5, 0.6) is 34.5 Å². The van der Waals surface area contributed by atoms with Gasteiger partial charge in [0.1, 0.15) is 11.6 Å². The van der Waals surface area contributed by atoms with Crippen molar-refractivity contribution in [3.63, 3.8) is 0 Å². The number of hydrogen-bond acceptors (Lipinski definition) is 16. The molecule has 2 aliphatic rings. The summed E-state index contributed by atoms with van der Waals surface area (Å²) in [7, 11) is 0. The van der Waals surface area contributed by atoms with E-state index in [1.165, 1.54) is 89.0 Å². The third-order valence-corrected chi connectivity index (χ3v) is 13.5. The number of carbonyl (C=O) groups is 2. The summed E-state index contributed by atoms with van der Waals surface area (Å²) in [5.41, 5.74) is 2.91. The third-order valence-electron chi connectivity index (χ3n) is 12.1. The minimum Gasteiger partial charge on any atom is -0.872 e. The van der Waals surface area contributed by atoms with Gasteiger partial charge >= 0.3 is 76.3 Å². The van der Waals surface area contributed by atoms with E-state index in [1.54, 1.807) is 72.8 Å². The molecule has 0 N–H and O–H groups in total. The van der Waals surface area contributed by atoms with E-state index in [0.717, 1.165) is 26.2 Å². The van der Waals surface area contributed by atoms with Crippen LogP contribution in [-0.2, 0) is 9.59 Å². The van der Waals surface area contributed by atoms with Crippen LogP contribution in [0.15, 0.2) is 129 Å². The van der Waals surface area contributed by atoms with Crippen LogP contribution in [0.25, 0.3) is 0 Å². The number of Topliss-reactive ketones (excluding diaryl/α,β-unsaturated/α-hetero) is 2. The fourth-order valence-electron chi connectivity index (χ4n) is 8.51. The smallest absolute Gasteiger partial charge is 0.872 e. The van der Waals surface area contributed by atoms with Gasteiger partial charge in [0, 0.05) is 107 Å². The van der Waals surface area contributed by atoms with Gasteiger partial charge in [-0.1, -0.05) is 129 Å². The van der Waals surface area contributed by atoms with Gasteiger partial charge < -0.3 is 40.2 Å². The Morgan fingerprint density at radius 1 is 0.381 bits per heavy atom. The Kier molecular flexibility index (Phi) is 34.2. The average Bonchev–Trinajstić information content (AvgIpc) is 2.89. The van der Waals surface area contributed by atoms with Gasteiger partial charge in [0.15, 0.2) is 0 Å². The number of carbonyl (C=O) groups excluding carboxylic acids is 2. The molecule has 0 amide bonds. The number of aliphatic imine (C=N–C) groups is 4. The third kappa shape index (κ3) is 25.2. The minimum atomic E-state index is -0.293. The maximum atomic E-state index is 12.8. The summed E-state index contributed by atoms with van der Waals surface area (Å²) in [5, 5.41) is 76.3. The fraction of sp³-hybridized carbons (Fsp3) is 0.300. The molecule has 0 saturated carbocycles. The summed E-state index contributed by atoms with van der Waals surface area (Å²) in [4.78, 5) is 45.2. The summed E-state index contributed by atoms with van der Waals surface area (Å²) in [6, 6.07) is 27.8. The molecule has 2 saturated heterocycles. The molecule has 6 aromatic carbocycles. The van der Waals surface area contributed by atoms with Gasteiger partial charge in [-0.05, 0) is 134 Å². The van der Waals surface area contributed by atoms with E-state index >= 15 is 0 Å². The topological polar surface area (TPSA) is 235 Å². The Balaban J connectivity index is 0.000000382. The van der Waals surface area contributed by atoms with Crippen molar-refractivity contribution in [2.24, 2.45) is 20.0 Å². The van der Waals surface area contributed by atoms with Crippen molar-refractivity contribution < 1.29 is 117 Å². The Hall–Kier alpha value is -3.73. The van der Waals surface area contributed by atoms with Gasteiger partial charge in [0.2, 0.25) is 0 Å². The molecule has 2 fully saturated rings. The first kappa shape index (κ1) is 74.5. The van der Waals surface area contributed by atoms with E-state index in [9.17, 15) is 40.2 Å². The SMILES string of the molecule is CC(C)=O.CC(C)=O.[Dy+3].[Dy+3].[O-]c1ccc(Cl)cc1C=NCCN1CCN(CCN=Cc2cc(Cl)ccc2[O-])C1c1cc(Cl)ccc1[O-].[O-]c1ccc(Cl)cc1C=NCCN1CCN(CCN=Cc2cc(Cl)ccc2[O-])C1c1cc(Cl)ccc1[O-]. The van der Waals surface area contributed by atoms with Crippen LogP contribution < -0.4 is 30.6 Å². The maximum absolute atomic E-state index is 12.8. The summed E-state index contributed by atoms with van der Waals surface area (Å²) >= 11 is 36.4. The van der Waals surface area contributed by atoms with Crippen LogP contribution in [-0.4, -0.2) is 135 Å². The van der Waals surface area contributed by atoms with E-state index in [2.05, 4.69) is 39.6 Å². The molecule has 0 aliphatic carbocycles. The van der Waals surface area contributed by atoms with Crippen LogP contribution in [0.3, 0.4) is 0 Å². The van der Waals surface area contributed by atoms with Crippen molar-refractivity contribution in [3.05, 3.63) is 173 Å². The van der Waals surface area contributed by atoms with Crippen molar-refractivity contribution >= 4 is 106 Å². The standard InChI is InChI=1S/2C27H27Cl3N4O3.2C3H6O.2Dy/c2*28-20-1-4-24(35)18(13-20)16-31-7-9-33-11-12-34(27(33)23-15-22(30)3-6-26(23)37)10-8-32-17-19-14-21(29)2-5-25(19)36;2*1-3(2)4;;/h2*1-6,13-17,27,35-37H,7-12H2;2*1-2H3;;/q;;;;2*+3/p-6. The Morgan fingerprint density at radius 3 is 0.786 bits per heavy atom. The monoisotopic (exact) mass is 1560 g/mol. The number of ketones is 2. The molecule has 6 aromatic rings. The molecule has 0 bridgehead atoms. The molecular weight excluding hydrogens is 1500 g/mol. The number of hydrogen-bond donors (Lipinski definition) is 0. The van der Waals surface area contributed by atoms with Crippen LogP contribution >= 0.6 is 69.6 Å². The van der Waals surface area contributed by atoms with Crippen LogP contribution in [0, 0.1) is 76.3 Å². The van der Waals surface area contributed by atoms with E-state index in [1.807, 2.05) is 0 Å². The Bertz CT molecular complexity index is 2870. The van der Waals surface area contributed by atoms with Crippen molar-refractivity contribution in [1.29, 1.82) is 0 Å². The van der Waals surface area contributed by atoms with Crippen LogP contribution in [0.2, 0.25) is 30.1 Å². The summed E-state index contributed by atoms with van der Waals surface area (Å²) in [6.45, 7) is 13.0. The zero-order valence-electron chi connectivity index (χ0n) is 46.1. The van der Waals surface area contributed by atoms with Crippen molar-refractivity contribution in [2.45, 2.75) is 40.0 Å². The van der Waals surface area contributed by atoms with Crippen molar-refractivity contribution in [2.75, 3.05) is 78.5 Å². The average molecular weight is 1560 g/mol. The van der Waals surface area contributed by atoms with Gasteiger partial charge in [-0.15, -0.1) is 11.5 Å². The number of nitrogens with zero attached hydrogens (tertiary/aromatic N) is 8. The molecule has 0 aromatic heterocycles. The molecule has 2 aliphatic heterocycles. The Labute approximate surface area is 581 Å². The van der Waals surface area contributed by atoms with E-state index in [0.29, 0.717) is 116 Å². The predicted molar refractivity (Wildman–Crippen MR) is 320 cm³/mol. The molecule has 2 radical (unpaired) electrons. The summed E-state index contributed by atoms with van der Waals surface area (Å²) < 4.78 is 0. The first-order valence-corrected chi connectivity index (χ1v) is 28.1. The second-order valence-electron chi connectivity index (χ2n) is 18.9. The van der Waals surface area contributed by atoms with Gasteiger partial charge in [-0.2, -0.15) is 0 Å². The van der Waals surface area contributed by atoms with E-state index < -0.39 is 0 Å². The predicted octanol–water partition coefficient (Wildman–Crippen LogP) is 8.63. The molecule has 24 heteroatoms. The molecule has 2 heterocycles. The molecule has 450 valence electrons. The second-order valence-corrected chi connectivity index (χ2v) is 21.6. The molecule has 0 unspecified atom stereocenters. The first-order valence-electron chi connectivity index (χ1n) is 25.8. The summed E-state index contributed by atoms with van der Waals surface area (Å²) in [6.07, 6.45) is 5.54. The number of rotatable bonds is 18. The molecular formula is C60H60Cl6Dy2N8O8. The zero-order chi connectivity index (χ0) is 59.9. The molecule has 0 atom stereocenters. The second kappa shape index (κ2) is 38.5. The summed E-state index contributed by atoms with van der Waals surface area (Å²) in [5.74, 6) is -0.427. The number of benzene rings is 6. The largest absolute Gasteiger partial charge is 3.00 e. The van der Waals surface area contributed by atoms with Crippen LogP contribution in [0.1, 0.15) is 73.4 Å². The molecule has 16 nitrogen and oxygen atoms in total. The fourth-order valence-corrected chi connectivity index (χ4v) is 9.59. The molecule has 8 rings (SSSR count). The van der Waals surface area contributed by atoms with E-state index in [4.69, 9.17) is 69.6 Å².